The summed E-state index contributed by atoms with van der Waals surface area (Å²) in [5.41, 5.74) is 7.35. The highest BCUT2D eigenvalue weighted by molar-refractivity contribution is 5.96. The number of hydrogen-bond acceptors (Lipinski definition) is 2. The summed E-state index contributed by atoms with van der Waals surface area (Å²) in [6, 6.07) is 8.18. The van der Waals surface area contributed by atoms with Gasteiger partial charge in [0.15, 0.2) is 0 Å². The first-order chi connectivity index (χ1) is 23.5. The zero-order valence-electron chi connectivity index (χ0n) is 27.5. The molecule has 0 radical (unpaired) electrons. The van der Waals surface area contributed by atoms with E-state index in [0.29, 0.717) is 6.42 Å². The highest BCUT2D eigenvalue weighted by Gasteiger charge is 2.23. The normalized spacial score (nSPS) is 18.8. The summed E-state index contributed by atoms with van der Waals surface area (Å²) < 4.78 is 3.86. The van der Waals surface area contributed by atoms with Gasteiger partial charge in [-0.25, -0.2) is 0 Å². The van der Waals surface area contributed by atoms with Crippen LogP contribution in [0.15, 0.2) is 132 Å². The van der Waals surface area contributed by atoms with E-state index in [1.165, 1.54) is 5.57 Å². The van der Waals surface area contributed by atoms with Gasteiger partial charge in [-0.15, -0.1) is 0 Å². The van der Waals surface area contributed by atoms with Crippen LogP contribution in [0.2, 0.25) is 0 Å². The largest absolute Gasteiger partial charge is 0.278 e. The van der Waals surface area contributed by atoms with Crippen molar-refractivity contribution in [3.8, 4) is 0 Å². The van der Waals surface area contributed by atoms with Gasteiger partial charge in [-0.05, 0) is 67.9 Å². The third-order valence-electron chi connectivity index (χ3n) is 10.0. The van der Waals surface area contributed by atoms with Crippen LogP contribution in [0.5, 0.6) is 0 Å². The summed E-state index contributed by atoms with van der Waals surface area (Å²) in [6.45, 7) is 4.12. The van der Waals surface area contributed by atoms with Crippen LogP contribution in [0.3, 0.4) is 0 Å². The fourth-order valence-corrected chi connectivity index (χ4v) is 7.73. The molecule has 3 aromatic rings. The van der Waals surface area contributed by atoms with Gasteiger partial charge in [0.25, 0.3) is 0 Å². The molecule has 2 aromatic heterocycles. The van der Waals surface area contributed by atoms with E-state index in [9.17, 15) is 9.59 Å². The summed E-state index contributed by atoms with van der Waals surface area (Å²) in [6.07, 6.45) is 37.9. The first kappa shape index (κ1) is 29.9. The summed E-state index contributed by atoms with van der Waals surface area (Å²) in [5, 5.41) is 6.53. The quantitative estimate of drug-likeness (QED) is 0.320. The lowest BCUT2D eigenvalue weighted by Gasteiger charge is -2.10. The van der Waals surface area contributed by atoms with Gasteiger partial charge >= 0.3 is 0 Å². The number of carbonyl (C=O) groups is 2. The maximum Gasteiger partial charge on any atom is 0.235 e. The first-order valence-corrected chi connectivity index (χ1v) is 17.0. The molecule has 0 spiro atoms. The van der Waals surface area contributed by atoms with Gasteiger partial charge in [0, 0.05) is 33.9 Å². The molecular formula is C44H38N2O2. The number of nitrogens with zero attached hydrogens (tertiary/aromatic N) is 2. The smallest absolute Gasteiger partial charge is 0.235 e. The molecule has 5 aliphatic rings. The van der Waals surface area contributed by atoms with Crippen molar-refractivity contribution in [3.05, 3.63) is 163 Å². The molecule has 0 amide bonds. The fourth-order valence-electron chi connectivity index (χ4n) is 7.73. The molecule has 0 saturated carbocycles. The average Bonchev–Trinajstić information content (AvgIpc) is 3.93. The molecule has 48 heavy (non-hydrogen) atoms. The lowest BCUT2D eigenvalue weighted by Crippen LogP contribution is -2.39. The second kappa shape index (κ2) is 12.3. The highest BCUT2D eigenvalue weighted by atomic mass is 16.2. The Morgan fingerprint density at radius 3 is 1.96 bits per heavy atom. The number of allylic oxidation sites excluding steroid dienone is 18. The van der Waals surface area contributed by atoms with Crippen LogP contribution in [-0.4, -0.2) is 20.9 Å². The molecule has 8 rings (SSSR count). The Morgan fingerprint density at radius 2 is 1.25 bits per heavy atom. The van der Waals surface area contributed by atoms with Gasteiger partial charge in [0.2, 0.25) is 11.8 Å². The van der Waals surface area contributed by atoms with E-state index in [1.807, 2.05) is 58.6 Å². The van der Waals surface area contributed by atoms with Crippen molar-refractivity contribution >= 4 is 46.0 Å². The van der Waals surface area contributed by atoms with Crippen molar-refractivity contribution < 1.29 is 9.59 Å². The number of hydrogen-bond donors (Lipinski definition) is 0. The van der Waals surface area contributed by atoms with E-state index >= 15 is 0 Å². The summed E-state index contributed by atoms with van der Waals surface area (Å²) >= 11 is 0. The number of rotatable bonds is 4. The third kappa shape index (κ3) is 5.00. The van der Waals surface area contributed by atoms with Crippen LogP contribution in [0.4, 0.5) is 0 Å². The summed E-state index contributed by atoms with van der Waals surface area (Å²) in [4.78, 5) is 29.7. The molecule has 236 valence electrons. The Bertz CT molecular complexity index is 2550. The molecule has 4 nitrogen and oxygen atoms in total. The molecule has 0 unspecified atom stereocenters. The molecule has 0 aliphatic heterocycles. The molecule has 0 saturated heterocycles. The van der Waals surface area contributed by atoms with Crippen molar-refractivity contribution in [2.75, 3.05) is 0 Å². The minimum Gasteiger partial charge on any atom is -0.278 e. The van der Waals surface area contributed by atoms with Gasteiger partial charge < -0.3 is 0 Å². The van der Waals surface area contributed by atoms with Crippen LogP contribution in [-0.2, 0) is 0 Å². The number of benzene rings is 1. The topological polar surface area (TPSA) is 44.0 Å². The van der Waals surface area contributed by atoms with Gasteiger partial charge in [-0.1, -0.05) is 127 Å². The zero-order chi connectivity index (χ0) is 32.8. The minimum atomic E-state index is -0.0216. The second-order valence-corrected chi connectivity index (χ2v) is 13.1. The molecular weight excluding hydrogens is 588 g/mol. The van der Waals surface area contributed by atoms with Gasteiger partial charge in [0.05, 0.1) is 21.6 Å². The van der Waals surface area contributed by atoms with E-state index in [1.54, 1.807) is 0 Å². The average molecular weight is 627 g/mol. The standard InChI is InChI=1S/C44H38N2O2/c1-29(31-15-3-4-16-31)27-39(47)45-37-25-13-11-23-35(37)41(33-19-7-8-20-33)43(45)44-42(34-21-9-10-22-34)36-24-12-14-26-38(36)46(44)40(48)28-30(2)32-17-5-6-18-32/h3-5,7-11,13,15-17,19-26H,6,12,14,18,27-28H2,1-2H3/b32-30+,44-43+. The molecule has 5 aliphatic carbocycles. The first-order valence-electron chi connectivity index (χ1n) is 17.0. The van der Waals surface area contributed by atoms with E-state index < -0.39 is 0 Å². The molecule has 0 fully saturated rings. The molecule has 1 aromatic carbocycles. The van der Waals surface area contributed by atoms with Crippen LogP contribution >= 0.6 is 0 Å². The van der Waals surface area contributed by atoms with Crippen molar-refractivity contribution in [1.82, 2.24) is 9.13 Å². The minimum absolute atomic E-state index is 0.0214. The van der Waals surface area contributed by atoms with Crippen LogP contribution in [0.1, 0.15) is 62.0 Å². The molecule has 0 atom stereocenters. The number of para-hydroxylation sites is 1. The van der Waals surface area contributed by atoms with E-state index in [-0.39, 0.29) is 18.2 Å². The molecule has 0 N–H and O–H groups in total. The van der Waals surface area contributed by atoms with Crippen molar-refractivity contribution in [1.29, 1.82) is 0 Å². The number of aromatic nitrogens is 2. The van der Waals surface area contributed by atoms with E-state index in [2.05, 4.69) is 85.9 Å². The lowest BCUT2D eigenvalue weighted by atomic mass is 10.1. The molecule has 4 heteroatoms. The van der Waals surface area contributed by atoms with Crippen LogP contribution in [0.25, 0.3) is 34.2 Å². The number of fused-ring (bicyclic) bond motifs is 2. The van der Waals surface area contributed by atoms with Crippen LogP contribution in [0, 0.1) is 10.7 Å². The van der Waals surface area contributed by atoms with E-state index in [4.69, 9.17) is 0 Å². The van der Waals surface area contributed by atoms with Crippen molar-refractivity contribution in [2.45, 2.75) is 52.4 Å². The van der Waals surface area contributed by atoms with Crippen molar-refractivity contribution in [3.63, 3.8) is 0 Å². The van der Waals surface area contributed by atoms with E-state index in [0.717, 1.165) is 96.2 Å². The second-order valence-electron chi connectivity index (χ2n) is 13.1. The monoisotopic (exact) mass is 626 g/mol. The number of carbonyl (C=O) groups excluding carboxylic acids is 2. The Hall–Kier alpha value is -5.48. The molecule has 0 bridgehead atoms. The highest BCUT2D eigenvalue weighted by Crippen LogP contribution is 2.23. The van der Waals surface area contributed by atoms with Gasteiger partial charge in [-0.3, -0.25) is 18.7 Å². The maximum atomic E-state index is 14.9. The maximum absolute atomic E-state index is 14.9. The summed E-state index contributed by atoms with van der Waals surface area (Å²) in [5.74, 6) is -0.000158. The fraction of sp³-hybridized carbons (Fsp3) is 0.182. The van der Waals surface area contributed by atoms with Gasteiger partial charge in [-0.2, -0.15) is 0 Å². The third-order valence-corrected chi connectivity index (χ3v) is 10.0. The predicted molar refractivity (Wildman–Crippen MR) is 197 cm³/mol. The lowest BCUT2D eigenvalue weighted by molar-refractivity contribution is 0.0896. The Labute approximate surface area is 279 Å². The Balaban J connectivity index is 1.61. The Kier molecular flexibility index (Phi) is 7.64. The SMILES string of the molecule is CC(CC(=O)n1/c(=c2\c(=C3C=CC=C3)c3c(n2C(=O)C/C(C)=C2\C=CCC2)=CCCC=3)c(=C2C=CC=C2)c2ccccc21)=C1C=CC=C1. The summed E-state index contributed by atoms with van der Waals surface area (Å²) in [7, 11) is 0. The van der Waals surface area contributed by atoms with Gasteiger partial charge in [0.1, 0.15) is 0 Å². The van der Waals surface area contributed by atoms with Crippen LogP contribution < -0.4 is 21.0 Å². The predicted octanol–water partition coefficient (Wildman–Crippen LogP) is 6.81. The Morgan fingerprint density at radius 1 is 0.646 bits per heavy atom. The zero-order valence-corrected chi connectivity index (χ0v) is 27.5. The molecule has 2 heterocycles. The van der Waals surface area contributed by atoms with Crippen molar-refractivity contribution in [2.24, 2.45) is 0 Å².